The van der Waals surface area contributed by atoms with Crippen LogP contribution in [0.2, 0.25) is 0 Å². The largest absolute Gasteiger partial charge is 0.394 e. The quantitative estimate of drug-likeness (QED) is 0.160. The van der Waals surface area contributed by atoms with Gasteiger partial charge in [0.15, 0.2) is 0 Å². The van der Waals surface area contributed by atoms with E-state index in [1.807, 2.05) is 0 Å². The molecule has 284 valence electrons. The molecule has 16 heteroatoms. The topological polar surface area (TPSA) is 228 Å². The molecule has 2 aromatic rings. The van der Waals surface area contributed by atoms with Crippen molar-refractivity contribution < 1.29 is 39.4 Å². The van der Waals surface area contributed by atoms with Crippen LogP contribution in [0.4, 0.5) is 0 Å². The highest BCUT2D eigenvalue weighted by molar-refractivity contribution is 5.05. The molecule has 2 aliphatic heterocycles. The number of nitrogens with zero attached hydrogens (tertiary/aromatic N) is 2. The van der Waals surface area contributed by atoms with Gasteiger partial charge in [0.2, 0.25) is 0 Å². The fourth-order valence-corrected chi connectivity index (χ4v) is 6.47. The molecule has 2 saturated heterocycles. The van der Waals surface area contributed by atoms with E-state index < -0.39 is 59.4 Å². The number of H-pyrrole nitrogens is 2. The molecular formula is C34H56N4O12. The molecule has 0 aliphatic carbocycles. The van der Waals surface area contributed by atoms with Crippen molar-refractivity contribution in [3.63, 3.8) is 0 Å². The minimum absolute atomic E-state index is 0.0110. The first kappa shape index (κ1) is 41.5. The van der Waals surface area contributed by atoms with E-state index in [1.165, 1.54) is 21.5 Å². The van der Waals surface area contributed by atoms with Gasteiger partial charge < -0.3 is 39.4 Å². The normalized spacial score (nSPS) is 24.0. The van der Waals surface area contributed by atoms with E-state index in [2.05, 4.69) is 65.4 Å². The monoisotopic (exact) mass is 712 g/mol. The predicted molar refractivity (Wildman–Crippen MR) is 182 cm³/mol. The van der Waals surface area contributed by atoms with Gasteiger partial charge in [0.05, 0.1) is 62.0 Å². The van der Waals surface area contributed by atoms with Gasteiger partial charge in [-0.1, -0.05) is 55.4 Å². The second-order valence-electron chi connectivity index (χ2n) is 14.4. The maximum Gasteiger partial charge on any atom is 0.330 e. The number of aromatic amines is 2. The van der Waals surface area contributed by atoms with E-state index in [4.69, 9.17) is 29.2 Å². The molecule has 0 bridgehead atoms. The van der Waals surface area contributed by atoms with Gasteiger partial charge in [0.25, 0.3) is 11.1 Å². The van der Waals surface area contributed by atoms with Gasteiger partial charge >= 0.3 is 11.4 Å². The highest BCUT2D eigenvalue weighted by Gasteiger charge is 2.36. The molecule has 0 saturated carbocycles. The molecule has 6 atom stereocenters. The second kappa shape index (κ2) is 18.5. The van der Waals surface area contributed by atoms with Crippen molar-refractivity contribution in [3.8, 4) is 0 Å². The number of ether oxygens (including phenoxy) is 4. The number of aromatic nitrogens is 4. The molecule has 16 nitrogen and oxygen atoms in total. The predicted octanol–water partition coefficient (Wildman–Crippen LogP) is 0.749. The Hall–Kier alpha value is -2.96. The number of nitrogens with one attached hydrogen (secondary N) is 2. The lowest BCUT2D eigenvalue weighted by Crippen LogP contribution is -2.35. The zero-order valence-corrected chi connectivity index (χ0v) is 30.3. The number of hydrogen-bond acceptors (Lipinski definition) is 12. The van der Waals surface area contributed by atoms with Crippen molar-refractivity contribution in [2.75, 3.05) is 13.2 Å². The van der Waals surface area contributed by atoms with Crippen molar-refractivity contribution in [3.05, 3.63) is 65.2 Å². The molecule has 0 radical (unpaired) electrons. The van der Waals surface area contributed by atoms with Crippen molar-refractivity contribution in [1.82, 2.24) is 19.1 Å². The van der Waals surface area contributed by atoms with E-state index in [9.17, 15) is 29.4 Å². The first-order valence-electron chi connectivity index (χ1n) is 17.3. The number of aliphatic hydroxyl groups is 4. The Morgan fingerprint density at radius 2 is 0.980 bits per heavy atom. The summed E-state index contributed by atoms with van der Waals surface area (Å²) in [5.41, 5.74) is -1.59. The Morgan fingerprint density at radius 1 is 0.660 bits per heavy atom. The molecule has 4 heterocycles. The minimum atomic E-state index is -0.861. The Morgan fingerprint density at radius 3 is 1.24 bits per heavy atom. The third-order valence-corrected chi connectivity index (χ3v) is 8.96. The smallest absolute Gasteiger partial charge is 0.330 e. The summed E-state index contributed by atoms with van der Waals surface area (Å²) in [7, 11) is 0. The minimum Gasteiger partial charge on any atom is -0.394 e. The van der Waals surface area contributed by atoms with Crippen molar-refractivity contribution in [1.29, 1.82) is 0 Å². The van der Waals surface area contributed by atoms with Crippen LogP contribution >= 0.6 is 0 Å². The van der Waals surface area contributed by atoms with Gasteiger partial charge in [-0.25, -0.2) is 9.59 Å². The SMILES string of the molecule is CC(C)C(OCc1cn([C@H]2CC(O)[C@@H](CO)O2)c(=O)[nH]c1=O)C(C)C.CC(C)C(OCc1cn([C@H]2CC(O)[C@@H](CO)O2)c(=O)[nH]c1=O)C(C)C. The van der Waals surface area contributed by atoms with Crippen LogP contribution in [0.15, 0.2) is 31.6 Å². The highest BCUT2D eigenvalue weighted by atomic mass is 16.5. The zero-order chi connectivity index (χ0) is 37.4. The molecule has 4 rings (SSSR count). The second-order valence-corrected chi connectivity index (χ2v) is 14.4. The molecule has 2 fully saturated rings. The zero-order valence-electron chi connectivity index (χ0n) is 30.3. The average Bonchev–Trinajstić information content (AvgIpc) is 3.59. The van der Waals surface area contributed by atoms with E-state index in [0.29, 0.717) is 34.8 Å². The van der Waals surface area contributed by atoms with Crippen LogP contribution in [0.1, 0.15) is 91.8 Å². The Kier molecular flexibility index (Phi) is 15.3. The molecule has 0 aromatic carbocycles. The van der Waals surface area contributed by atoms with Gasteiger partial charge in [-0.15, -0.1) is 0 Å². The van der Waals surface area contributed by atoms with Crippen LogP contribution in [0.3, 0.4) is 0 Å². The summed E-state index contributed by atoms with van der Waals surface area (Å²) >= 11 is 0. The first-order chi connectivity index (χ1) is 23.5. The van der Waals surface area contributed by atoms with Crippen molar-refractivity contribution in [2.24, 2.45) is 23.7 Å². The standard InChI is InChI=1S/2C17H28N2O6/c2*1-9(2)15(10(3)4)24-8-11-6-19(17(23)18-16(11)22)14-5-12(21)13(7-20)25-14/h2*6,9-10,12-15,20-21H,5,7-8H2,1-4H3,(H,18,22,23)/t2*12?,13-,14-/m11/s1. The van der Waals surface area contributed by atoms with Gasteiger partial charge in [-0.05, 0) is 23.7 Å². The van der Waals surface area contributed by atoms with Gasteiger partial charge in [-0.3, -0.25) is 28.7 Å². The summed E-state index contributed by atoms with van der Waals surface area (Å²) in [6, 6.07) is 0. The summed E-state index contributed by atoms with van der Waals surface area (Å²) in [4.78, 5) is 52.8. The lowest BCUT2D eigenvalue weighted by molar-refractivity contribution is -0.0466. The molecule has 50 heavy (non-hydrogen) atoms. The first-order valence-corrected chi connectivity index (χ1v) is 17.3. The number of aliphatic hydroxyl groups excluding tert-OH is 4. The molecular weight excluding hydrogens is 656 g/mol. The fourth-order valence-electron chi connectivity index (χ4n) is 6.47. The van der Waals surface area contributed by atoms with Crippen LogP contribution in [0.25, 0.3) is 0 Å². The lowest BCUT2D eigenvalue weighted by atomic mass is 9.96. The number of rotatable bonds is 14. The summed E-state index contributed by atoms with van der Waals surface area (Å²) in [6.45, 7) is 15.9. The van der Waals surface area contributed by atoms with E-state index in [-0.39, 0.29) is 51.5 Å². The van der Waals surface area contributed by atoms with Gasteiger partial charge in [0.1, 0.15) is 24.7 Å². The third kappa shape index (κ3) is 10.5. The molecule has 6 N–H and O–H groups in total. The van der Waals surface area contributed by atoms with E-state index in [1.54, 1.807) is 0 Å². The average molecular weight is 713 g/mol. The van der Waals surface area contributed by atoms with Crippen LogP contribution in [-0.2, 0) is 32.2 Å². The molecule has 0 spiro atoms. The van der Waals surface area contributed by atoms with Gasteiger partial charge in [-0.2, -0.15) is 0 Å². The summed E-state index contributed by atoms with van der Waals surface area (Å²) in [5, 5.41) is 38.0. The van der Waals surface area contributed by atoms with E-state index >= 15 is 0 Å². The molecule has 2 aliphatic rings. The van der Waals surface area contributed by atoms with Crippen molar-refractivity contribution in [2.45, 2.75) is 131 Å². The van der Waals surface area contributed by atoms with Crippen LogP contribution in [0, 0.1) is 23.7 Å². The molecule has 2 aromatic heterocycles. The van der Waals surface area contributed by atoms with E-state index in [0.717, 1.165) is 0 Å². The maximum atomic E-state index is 12.1. The Labute approximate surface area is 291 Å². The molecule has 2 unspecified atom stereocenters. The van der Waals surface area contributed by atoms with Gasteiger partial charge in [0, 0.05) is 25.2 Å². The van der Waals surface area contributed by atoms with Crippen molar-refractivity contribution >= 4 is 0 Å². The maximum absolute atomic E-state index is 12.1. The fraction of sp³-hybridized carbons (Fsp3) is 0.765. The molecule has 0 amide bonds. The highest BCUT2D eigenvalue weighted by Crippen LogP contribution is 2.28. The van der Waals surface area contributed by atoms with Crippen LogP contribution in [-0.4, -0.2) is 89.4 Å². The Balaban J connectivity index is 0.000000270. The number of hydrogen-bond donors (Lipinski definition) is 6. The lowest BCUT2D eigenvalue weighted by Gasteiger charge is -2.25. The summed E-state index contributed by atoms with van der Waals surface area (Å²) < 4.78 is 25.2. The third-order valence-electron chi connectivity index (χ3n) is 8.96. The van der Waals surface area contributed by atoms with Crippen LogP contribution in [0.5, 0.6) is 0 Å². The Bertz CT molecular complexity index is 1460. The summed E-state index contributed by atoms with van der Waals surface area (Å²) in [5.74, 6) is 1.18. The summed E-state index contributed by atoms with van der Waals surface area (Å²) in [6.07, 6.45) is -1.54. The van der Waals surface area contributed by atoms with Crippen LogP contribution < -0.4 is 22.5 Å².